The number of H-pyrrole nitrogens is 1. The lowest BCUT2D eigenvalue weighted by Gasteiger charge is -2.34. The summed E-state index contributed by atoms with van der Waals surface area (Å²) in [7, 11) is 0. The van der Waals surface area contributed by atoms with Gasteiger partial charge in [-0.15, -0.1) is 0 Å². The predicted octanol–water partition coefficient (Wildman–Crippen LogP) is 4.35. The van der Waals surface area contributed by atoms with Crippen LogP contribution < -0.4 is 5.32 Å². The second-order valence-electron chi connectivity index (χ2n) is 8.74. The smallest absolute Gasteiger partial charge is 0.251 e. The van der Waals surface area contributed by atoms with E-state index >= 15 is 0 Å². The minimum absolute atomic E-state index is 0.00404. The Morgan fingerprint density at radius 3 is 2.71 bits per heavy atom. The summed E-state index contributed by atoms with van der Waals surface area (Å²) in [6.07, 6.45) is 5.85. The molecule has 1 fully saturated rings. The number of likely N-dealkylation sites (tertiary alicyclic amines) is 1. The average molecular weight is 438 g/mol. The van der Waals surface area contributed by atoms with E-state index in [1.54, 1.807) is 24.2 Å². The molecule has 0 saturated carbocycles. The van der Waals surface area contributed by atoms with Crippen LogP contribution in [-0.2, 0) is 5.75 Å². The maximum Gasteiger partial charge on any atom is 0.251 e. The molecule has 0 unspecified atom stereocenters. The number of pyridine rings is 1. The fourth-order valence-corrected chi connectivity index (χ4v) is 5.23. The van der Waals surface area contributed by atoms with Gasteiger partial charge in [0.25, 0.3) is 5.91 Å². The number of benzene rings is 1. The van der Waals surface area contributed by atoms with Crippen LogP contribution in [0.25, 0.3) is 11.0 Å². The summed E-state index contributed by atoms with van der Waals surface area (Å²) in [5.74, 6) is 2.35. The molecular weight excluding hydrogens is 406 g/mol. The highest BCUT2D eigenvalue weighted by Crippen LogP contribution is 2.23. The molecule has 3 heterocycles. The summed E-state index contributed by atoms with van der Waals surface area (Å²) in [6.45, 7) is 8.81. The molecule has 0 spiro atoms. The van der Waals surface area contributed by atoms with Crippen LogP contribution in [0.3, 0.4) is 0 Å². The molecule has 1 amide bonds. The van der Waals surface area contributed by atoms with Gasteiger partial charge in [-0.25, -0.2) is 4.98 Å². The monoisotopic (exact) mass is 437 g/mol. The Morgan fingerprint density at radius 1 is 1.19 bits per heavy atom. The molecule has 1 aliphatic rings. The van der Waals surface area contributed by atoms with Crippen LogP contribution in [0.4, 0.5) is 0 Å². The number of carbonyl (C=O) groups excluding carboxylic acids is 1. The maximum absolute atomic E-state index is 12.4. The van der Waals surface area contributed by atoms with Crippen molar-refractivity contribution in [1.29, 1.82) is 0 Å². The van der Waals surface area contributed by atoms with Crippen molar-refractivity contribution in [2.45, 2.75) is 37.6 Å². The lowest BCUT2D eigenvalue weighted by Crippen LogP contribution is -2.40. The van der Waals surface area contributed by atoms with Crippen molar-refractivity contribution < 1.29 is 4.79 Å². The molecule has 6 nitrogen and oxygen atoms in total. The molecule has 2 N–H and O–H groups in total. The second-order valence-corrected chi connectivity index (χ2v) is 9.70. The fourth-order valence-electron chi connectivity index (χ4n) is 4.39. The van der Waals surface area contributed by atoms with Gasteiger partial charge in [-0.1, -0.05) is 37.7 Å². The minimum Gasteiger partial charge on any atom is -0.352 e. The molecule has 2 atom stereocenters. The van der Waals surface area contributed by atoms with Crippen LogP contribution in [0.5, 0.6) is 0 Å². The Kier molecular flexibility index (Phi) is 7.25. The van der Waals surface area contributed by atoms with Gasteiger partial charge in [0.15, 0.2) is 5.16 Å². The van der Waals surface area contributed by atoms with E-state index in [1.165, 1.54) is 19.5 Å². The number of nitrogens with one attached hydrogen (secondary N) is 2. The van der Waals surface area contributed by atoms with Gasteiger partial charge in [0.05, 0.1) is 17.2 Å². The van der Waals surface area contributed by atoms with E-state index < -0.39 is 0 Å². The molecule has 0 bridgehead atoms. The molecule has 0 radical (unpaired) electrons. The van der Waals surface area contributed by atoms with Crippen molar-refractivity contribution in [2.24, 2.45) is 11.8 Å². The van der Waals surface area contributed by atoms with Gasteiger partial charge in [0.2, 0.25) is 0 Å². The van der Waals surface area contributed by atoms with Gasteiger partial charge in [0, 0.05) is 37.1 Å². The third kappa shape index (κ3) is 6.08. The van der Waals surface area contributed by atoms with Crippen LogP contribution in [0, 0.1) is 11.8 Å². The third-order valence-corrected chi connectivity index (χ3v) is 6.68. The number of rotatable bonds is 8. The van der Waals surface area contributed by atoms with Crippen molar-refractivity contribution in [1.82, 2.24) is 25.2 Å². The van der Waals surface area contributed by atoms with E-state index in [1.807, 2.05) is 30.3 Å². The Labute approximate surface area is 188 Å². The number of amides is 1. The predicted molar refractivity (Wildman–Crippen MR) is 126 cm³/mol. The lowest BCUT2D eigenvalue weighted by atomic mass is 9.92. The Bertz CT molecular complexity index is 960. The van der Waals surface area contributed by atoms with E-state index in [9.17, 15) is 4.79 Å². The number of nitrogens with zero attached hydrogens (tertiary/aromatic N) is 3. The van der Waals surface area contributed by atoms with Gasteiger partial charge in [-0.2, -0.15) is 0 Å². The van der Waals surface area contributed by atoms with Crippen LogP contribution in [0.15, 0.2) is 47.9 Å². The van der Waals surface area contributed by atoms with Gasteiger partial charge in [-0.3, -0.25) is 9.78 Å². The van der Waals surface area contributed by atoms with Gasteiger partial charge >= 0.3 is 0 Å². The second kappa shape index (κ2) is 10.3. The van der Waals surface area contributed by atoms with Crippen molar-refractivity contribution in [3.05, 3.63) is 53.9 Å². The number of aromatic amines is 1. The van der Waals surface area contributed by atoms with E-state index in [4.69, 9.17) is 0 Å². The number of hydrogen-bond acceptors (Lipinski definition) is 5. The summed E-state index contributed by atoms with van der Waals surface area (Å²) < 4.78 is 0. The first-order chi connectivity index (χ1) is 15.1. The number of thioether (sulfide) groups is 1. The Balaban J connectivity index is 1.20. The Hall–Kier alpha value is -2.38. The number of hydrogen-bond donors (Lipinski definition) is 2. The number of imidazole rings is 1. The molecular formula is C24H31N5OS. The van der Waals surface area contributed by atoms with Crippen molar-refractivity contribution in [3.63, 3.8) is 0 Å². The lowest BCUT2D eigenvalue weighted by molar-refractivity contribution is 0.0947. The molecule has 3 aromatic rings. The van der Waals surface area contributed by atoms with Gasteiger partial charge < -0.3 is 15.2 Å². The standard InChI is InChI=1S/C24H31N5OS/c1-17-12-18(2)15-29(14-17)11-3-9-26-23(30)20-6-4-19(5-7-20)16-31-24-27-21-8-10-25-13-22(21)28-24/h4-8,10,13,17-18H,3,9,11-12,14-16H2,1-2H3,(H,26,30)(H,27,28)/t17-,18+. The van der Waals surface area contributed by atoms with E-state index in [0.717, 1.165) is 58.9 Å². The number of aromatic nitrogens is 3. The average Bonchev–Trinajstić information content (AvgIpc) is 3.18. The third-order valence-electron chi connectivity index (χ3n) is 5.73. The van der Waals surface area contributed by atoms with Crippen molar-refractivity contribution >= 4 is 28.7 Å². The molecule has 0 aliphatic carbocycles. The van der Waals surface area contributed by atoms with Crippen LogP contribution in [-0.4, -0.2) is 51.9 Å². The summed E-state index contributed by atoms with van der Waals surface area (Å²) >= 11 is 1.64. The Morgan fingerprint density at radius 2 is 1.97 bits per heavy atom. The number of piperidine rings is 1. The van der Waals surface area contributed by atoms with Gasteiger partial charge in [-0.05, 0) is 55.0 Å². The minimum atomic E-state index is 0.00404. The van der Waals surface area contributed by atoms with Crippen LogP contribution in [0.2, 0.25) is 0 Å². The zero-order valence-corrected chi connectivity index (χ0v) is 19.1. The van der Waals surface area contributed by atoms with E-state index in [2.05, 4.69) is 39.0 Å². The topological polar surface area (TPSA) is 73.9 Å². The summed E-state index contributed by atoms with van der Waals surface area (Å²) in [5.41, 5.74) is 3.74. The van der Waals surface area contributed by atoms with Crippen LogP contribution >= 0.6 is 11.8 Å². The molecule has 4 rings (SSSR count). The first-order valence-corrected chi connectivity index (χ1v) is 12.1. The summed E-state index contributed by atoms with van der Waals surface area (Å²) in [6, 6.07) is 9.74. The molecule has 7 heteroatoms. The van der Waals surface area contributed by atoms with Crippen molar-refractivity contribution in [3.8, 4) is 0 Å². The molecule has 2 aromatic heterocycles. The normalized spacial score (nSPS) is 19.5. The highest BCUT2D eigenvalue weighted by atomic mass is 32.2. The molecule has 1 aliphatic heterocycles. The zero-order valence-electron chi connectivity index (χ0n) is 18.3. The first kappa shape index (κ1) is 21.8. The van der Waals surface area contributed by atoms with Gasteiger partial charge in [0.1, 0.15) is 0 Å². The molecule has 1 aromatic carbocycles. The quantitative estimate of drug-likeness (QED) is 0.405. The zero-order chi connectivity index (χ0) is 21.6. The fraction of sp³-hybridized carbons (Fsp3) is 0.458. The molecule has 31 heavy (non-hydrogen) atoms. The van der Waals surface area contributed by atoms with Crippen LogP contribution in [0.1, 0.15) is 42.6 Å². The first-order valence-electron chi connectivity index (χ1n) is 11.1. The SMILES string of the molecule is C[C@@H]1C[C@H](C)CN(CCCNC(=O)c2ccc(CSc3nc4ccncc4[nH]3)cc2)C1. The highest BCUT2D eigenvalue weighted by molar-refractivity contribution is 7.98. The van der Waals surface area contributed by atoms with Crippen molar-refractivity contribution in [2.75, 3.05) is 26.2 Å². The van der Waals surface area contributed by atoms with E-state index in [-0.39, 0.29) is 5.91 Å². The number of fused-ring (bicyclic) bond motifs is 1. The largest absolute Gasteiger partial charge is 0.352 e. The molecule has 1 saturated heterocycles. The maximum atomic E-state index is 12.4. The highest BCUT2D eigenvalue weighted by Gasteiger charge is 2.21. The summed E-state index contributed by atoms with van der Waals surface area (Å²) in [5, 5.41) is 3.94. The van der Waals surface area contributed by atoms with E-state index in [0.29, 0.717) is 5.56 Å². The summed E-state index contributed by atoms with van der Waals surface area (Å²) in [4.78, 5) is 26.9. The molecule has 164 valence electrons. The number of carbonyl (C=O) groups is 1.